The van der Waals surface area contributed by atoms with Crippen molar-refractivity contribution in [1.82, 2.24) is 0 Å². The highest BCUT2D eigenvalue weighted by Crippen LogP contribution is 2.16. The summed E-state index contributed by atoms with van der Waals surface area (Å²) < 4.78 is 10.3. The van der Waals surface area contributed by atoms with Crippen molar-refractivity contribution in [2.45, 2.75) is 187 Å². The highest BCUT2D eigenvalue weighted by molar-refractivity contribution is 5.91. The van der Waals surface area contributed by atoms with Crippen molar-refractivity contribution in [3.8, 4) is 0 Å². The second kappa shape index (κ2) is 27.3. The number of ether oxygens (including phenoxy) is 2. The molecule has 1 N–H and O–H groups in total. The summed E-state index contributed by atoms with van der Waals surface area (Å²) in [5.41, 5.74) is 0. The highest BCUT2D eigenvalue weighted by Gasteiger charge is 2.38. The maximum Gasteiger partial charge on any atom is 0.349 e. The van der Waals surface area contributed by atoms with Gasteiger partial charge in [0.05, 0.1) is 0 Å². The number of rotatable bonds is 29. The number of hydrogen-bond acceptors (Lipinski definition) is 6. The molecule has 0 aromatic carbocycles. The number of carbonyl (C=O) groups excluding carboxylic acids is 3. The molecule has 0 aliphatic rings. The van der Waals surface area contributed by atoms with Crippen LogP contribution in [0.3, 0.4) is 0 Å². The number of carboxylic acids is 1. The fraction of sp³-hybridized carbons (Fsp3) is 0.879. The van der Waals surface area contributed by atoms with E-state index in [1.54, 1.807) is 0 Å². The minimum Gasteiger partial charge on any atom is -0.478 e. The first-order chi connectivity index (χ1) is 19.3. The van der Waals surface area contributed by atoms with E-state index < -0.39 is 35.9 Å². The van der Waals surface area contributed by atoms with Crippen molar-refractivity contribution in [2.24, 2.45) is 0 Å². The molecule has 2 atom stereocenters. The lowest BCUT2D eigenvalue weighted by molar-refractivity contribution is -0.181. The summed E-state index contributed by atoms with van der Waals surface area (Å²) in [7, 11) is 0. The van der Waals surface area contributed by atoms with Crippen molar-refractivity contribution in [2.75, 3.05) is 0 Å². The number of carboxylic acid groups (broad SMARTS) is 1. The second-order valence-corrected chi connectivity index (χ2v) is 11.3. The Kier molecular flexibility index (Phi) is 26.0. The SMILES string of the molecule is CCCCCCCCCCCCCC(=O)OC(C(C)=O)C(OC(=O)CCCCCCCCCCCCC)C(=O)O. The van der Waals surface area contributed by atoms with Gasteiger partial charge >= 0.3 is 17.9 Å². The number of aliphatic carboxylic acids is 1. The van der Waals surface area contributed by atoms with Crippen molar-refractivity contribution < 1.29 is 33.8 Å². The molecule has 0 heterocycles. The first-order valence-electron chi connectivity index (χ1n) is 16.5. The van der Waals surface area contributed by atoms with E-state index in [0.717, 1.165) is 45.4 Å². The number of carbonyl (C=O) groups is 4. The van der Waals surface area contributed by atoms with Crippen molar-refractivity contribution in [3.05, 3.63) is 0 Å². The van der Waals surface area contributed by atoms with Crippen LogP contribution in [0.5, 0.6) is 0 Å². The average Bonchev–Trinajstić information content (AvgIpc) is 2.92. The van der Waals surface area contributed by atoms with Crippen LogP contribution < -0.4 is 0 Å². The second-order valence-electron chi connectivity index (χ2n) is 11.3. The summed E-state index contributed by atoms with van der Waals surface area (Å²) in [5.74, 6) is -3.46. The van der Waals surface area contributed by atoms with Gasteiger partial charge in [0.1, 0.15) is 0 Å². The molecule has 40 heavy (non-hydrogen) atoms. The Hall–Kier alpha value is -1.92. The summed E-state index contributed by atoms with van der Waals surface area (Å²) in [6.45, 7) is 5.58. The predicted molar refractivity (Wildman–Crippen MR) is 160 cm³/mol. The third-order valence-electron chi connectivity index (χ3n) is 7.40. The summed E-state index contributed by atoms with van der Waals surface area (Å²) in [6.07, 6.45) is 21.9. The number of unbranched alkanes of at least 4 members (excludes halogenated alkanes) is 20. The minimum absolute atomic E-state index is 0.0815. The molecule has 0 aromatic heterocycles. The Bertz CT molecular complexity index is 605. The van der Waals surface area contributed by atoms with Gasteiger partial charge in [0, 0.05) is 12.8 Å². The topological polar surface area (TPSA) is 107 Å². The Morgan fingerprint density at radius 2 is 0.750 bits per heavy atom. The van der Waals surface area contributed by atoms with Crippen LogP contribution in [0, 0.1) is 0 Å². The zero-order valence-electron chi connectivity index (χ0n) is 26.0. The summed E-state index contributed by atoms with van der Waals surface area (Å²) in [5, 5.41) is 9.57. The Labute approximate surface area is 244 Å². The van der Waals surface area contributed by atoms with Crippen LogP contribution >= 0.6 is 0 Å². The molecule has 7 heteroatoms. The molecule has 0 amide bonds. The Morgan fingerprint density at radius 1 is 0.475 bits per heavy atom. The van der Waals surface area contributed by atoms with Crippen LogP contribution in [0.25, 0.3) is 0 Å². The van der Waals surface area contributed by atoms with Crippen LogP contribution in [0.2, 0.25) is 0 Å². The van der Waals surface area contributed by atoms with E-state index in [9.17, 15) is 24.3 Å². The van der Waals surface area contributed by atoms with Gasteiger partial charge in [-0.25, -0.2) is 4.79 Å². The smallest absolute Gasteiger partial charge is 0.349 e. The lowest BCUT2D eigenvalue weighted by Crippen LogP contribution is -2.45. The van der Waals surface area contributed by atoms with Gasteiger partial charge in [0.2, 0.25) is 12.2 Å². The van der Waals surface area contributed by atoms with Crippen LogP contribution in [0.4, 0.5) is 0 Å². The van der Waals surface area contributed by atoms with Crippen molar-refractivity contribution in [1.29, 1.82) is 0 Å². The molecule has 0 aliphatic carbocycles. The molecule has 7 nitrogen and oxygen atoms in total. The third-order valence-corrected chi connectivity index (χ3v) is 7.40. The maximum atomic E-state index is 12.3. The fourth-order valence-corrected chi connectivity index (χ4v) is 4.87. The lowest BCUT2D eigenvalue weighted by Gasteiger charge is -2.22. The van der Waals surface area contributed by atoms with E-state index in [4.69, 9.17) is 9.47 Å². The zero-order valence-corrected chi connectivity index (χ0v) is 26.0. The molecule has 0 rings (SSSR count). The van der Waals surface area contributed by atoms with Gasteiger partial charge in [0.15, 0.2) is 5.78 Å². The number of hydrogen-bond donors (Lipinski definition) is 1. The highest BCUT2D eigenvalue weighted by atomic mass is 16.6. The normalized spacial score (nSPS) is 12.6. The van der Waals surface area contributed by atoms with Gasteiger partial charge in [0.25, 0.3) is 0 Å². The number of ketones is 1. The van der Waals surface area contributed by atoms with E-state index in [2.05, 4.69) is 13.8 Å². The molecule has 0 aliphatic heterocycles. The first-order valence-corrected chi connectivity index (χ1v) is 16.5. The summed E-state index contributed by atoms with van der Waals surface area (Å²) in [4.78, 5) is 48.4. The summed E-state index contributed by atoms with van der Waals surface area (Å²) in [6, 6.07) is 0. The van der Waals surface area contributed by atoms with Gasteiger partial charge in [-0.15, -0.1) is 0 Å². The van der Waals surface area contributed by atoms with E-state index in [0.29, 0.717) is 12.8 Å². The zero-order chi connectivity index (χ0) is 29.8. The maximum absolute atomic E-state index is 12.3. The lowest BCUT2D eigenvalue weighted by atomic mass is 10.1. The molecule has 0 radical (unpaired) electrons. The molecule has 0 saturated carbocycles. The molecule has 0 fully saturated rings. The first kappa shape index (κ1) is 38.1. The fourth-order valence-electron chi connectivity index (χ4n) is 4.87. The van der Waals surface area contributed by atoms with Crippen LogP contribution in [0.15, 0.2) is 0 Å². The molecular formula is C33H60O7. The average molecular weight is 569 g/mol. The standard InChI is InChI=1S/C33H60O7/c1-4-6-8-10-12-14-16-18-20-22-24-26-29(35)39-31(28(3)34)32(33(37)38)40-30(36)27-25-23-21-19-17-15-13-11-9-7-5-2/h31-32H,4-27H2,1-3H3,(H,37,38). The van der Waals surface area contributed by atoms with Gasteiger partial charge in [-0.05, 0) is 19.8 Å². The Morgan fingerprint density at radius 3 is 1.02 bits per heavy atom. The van der Waals surface area contributed by atoms with Crippen LogP contribution in [0.1, 0.15) is 175 Å². The molecule has 0 saturated heterocycles. The van der Waals surface area contributed by atoms with Gasteiger partial charge in [-0.3, -0.25) is 14.4 Å². The number of Topliss-reactive ketones (excluding diaryl/α,β-unsaturated/α-hetero) is 1. The van der Waals surface area contributed by atoms with Gasteiger partial charge < -0.3 is 14.6 Å². The molecule has 234 valence electrons. The van der Waals surface area contributed by atoms with Gasteiger partial charge in [-0.2, -0.15) is 0 Å². The molecular weight excluding hydrogens is 508 g/mol. The van der Waals surface area contributed by atoms with E-state index in [1.807, 2.05) is 0 Å². The predicted octanol–water partition coefficient (Wildman–Crippen LogP) is 8.89. The molecule has 0 aromatic rings. The third kappa shape index (κ3) is 22.9. The molecule has 0 spiro atoms. The van der Waals surface area contributed by atoms with Crippen molar-refractivity contribution in [3.63, 3.8) is 0 Å². The van der Waals surface area contributed by atoms with Crippen LogP contribution in [-0.2, 0) is 28.7 Å². The molecule has 2 unspecified atom stereocenters. The quantitative estimate of drug-likeness (QED) is 0.0709. The number of esters is 2. The van der Waals surface area contributed by atoms with Crippen molar-refractivity contribution >= 4 is 23.7 Å². The summed E-state index contributed by atoms with van der Waals surface area (Å²) >= 11 is 0. The largest absolute Gasteiger partial charge is 0.478 e. The molecule has 0 bridgehead atoms. The van der Waals surface area contributed by atoms with Crippen LogP contribution in [-0.4, -0.2) is 41.0 Å². The monoisotopic (exact) mass is 568 g/mol. The van der Waals surface area contributed by atoms with E-state index >= 15 is 0 Å². The minimum atomic E-state index is -1.82. The van der Waals surface area contributed by atoms with E-state index in [1.165, 1.54) is 89.9 Å². The van der Waals surface area contributed by atoms with Gasteiger partial charge in [-0.1, -0.05) is 142 Å². The Balaban J connectivity index is 4.17. The van der Waals surface area contributed by atoms with E-state index in [-0.39, 0.29) is 12.8 Å².